The maximum absolute atomic E-state index is 10.9. The van der Waals surface area contributed by atoms with E-state index in [1.807, 2.05) is 13.8 Å². The maximum atomic E-state index is 10.9. The van der Waals surface area contributed by atoms with Crippen molar-refractivity contribution in [2.45, 2.75) is 19.8 Å². The van der Waals surface area contributed by atoms with E-state index in [0.29, 0.717) is 10.9 Å². The number of benzene rings is 1. The minimum Gasteiger partial charge on any atom is -0.506 e. The Morgan fingerprint density at radius 3 is 2.61 bits per heavy atom. The molecule has 1 heterocycles. The molecule has 2 aromatic rings. The molecule has 1 aromatic carbocycles. The summed E-state index contributed by atoms with van der Waals surface area (Å²) in [6.07, 6.45) is 1.17. The minimum atomic E-state index is -1.18. The Labute approximate surface area is 112 Å². The number of fused-ring (bicyclic) bond motifs is 1. The molecule has 5 heteroatoms. The Morgan fingerprint density at radius 1 is 1.39 bits per heavy atom. The highest BCUT2D eigenvalue weighted by Crippen LogP contribution is 2.34. The number of nitrogens with zero attached hydrogens (tertiary/aromatic N) is 1. The van der Waals surface area contributed by atoms with Gasteiger partial charge in [0.1, 0.15) is 11.3 Å². The summed E-state index contributed by atoms with van der Waals surface area (Å²) in [6, 6.07) is 3.56. The molecule has 94 valence electrons. The maximum Gasteiger partial charge on any atom is 0.341 e. The van der Waals surface area contributed by atoms with Gasteiger partial charge in [0.2, 0.25) is 0 Å². The van der Waals surface area contributed by atoms with Gasteiger partial charge >= 0.3 is 5.97 Å². The van der Waals surface area contributed by atoms with Gasteiger partial charge in [0.05, 0.1) is 5.52 Å². The molecule has 0 amide bonds. The van der Waals surface area contributed by atoms with Crippen molar-refractivity contribution in [1.82, 2.24) is 4.98 Å². The monoisotopic (exact) mass is 309 g/mol. The van der Waals surface area contributed by atoms with Crippen LogP contribution in [0.2, 0.25) is 0 Å². The fraction of sp³-hybridized carbons (Fsp3) is 0.231. The Morgan fingerprint density at radius 2 is 2.06 bits per heavy atom. The first kappa shape index (κ1) is 12.8. The normalized spacial score (nSPS) is 11.1. The second-order valence-electron chi connectivity index (χ2n) is 4.37. The Hall–Kier alpha value is -1.62. The molecular formula is C13H12BrNO3. The summed E-state index contributed by atoms with van der Waals surface area (Å²) in [5.74, 6) is -1.16. The molecular weight excluding hydrogens is 298 g/mol. The van der Waals surface area contributed by atoms with Crippen molar-refractivity contribution in [2.24, 2.45) is 0 Å². The van der Waals surface area contributed by atoms with Crippen molar-refractivity contribution in [1.29, 1.82) is 0 Å². The summed E-state index contributed by atoms with van der Waals surface area (Å²) in [6.45, 7) is 4.05. The predicted molar refractivity (Wildman–Crippen MR) is 72.2 cm³/mol. The second kappa shape index (κ2) is 4.57. The van der Waals surface area contributed by atoms with Crippen molar-refractivity contribution in [2.75, 3.05) is 0 Å². The number of carboxylic acids is 1. The number of aromatic carboxylic acids is 1. The summed E-state index contributed by atoms with van der Waals surface area (Å²) < 4.78 is 0.903. The number of rotatable bonds is 2. The molecule has 1 aromatic heterocycles. The van der Waals surface area contributed by atoms with E-state index in [0.717, 1.165) is 10.0 Å². The fourth-order valence-electron chi connectivity index (χ4n) is 1.82. The van der Waals surface area contributed by atoms with Crippen LogP contribution in [-0.4, -0.2) is 21.2 Å². The summed E-state index contributed by atoms with van der Waals surface area (Å²) in [4.78, 5) is 15.0. The summed E-state index contributed by atoms with van der Waals surface area (Å²) in [5, 5.41) is 19.4. The molecule has 0 spiro atoms. The lowest BCUT2D eigenvalue weighted by molar-refractivity contribution is 0.0693. The average molecular weight is 310 g/mol. The molecule has 0 fully saturated rings. The smallest absolute Gasteiger partial charge is 0.341 e. The van der Waals surface area contributed by atoms with Crippen molar-refractivity contribution in [3.8, 4) is 5.75 Å². The SMILES string of the molecule is CC(C)c1cc2c(O)c(C(=O)O)cnc2cc1Br. The molecule has 0 aliphatic carbocycles. The van der Waals surface area contributed by atoms with Crippen LogP contribution in [0.3, 0.4) is 0 Å². The van der Waals surface area contributed by atoms with Crippen LogP contribution < -0.4 is 0 Å². The lowest BCUT2D eigenvalue weighted by atomic mass is 10.00. The molecule has 0 radical (unpaired) electrons. The Bertz CT molecular complexity index is 638. The van der Waals surface area contributed by atoms with Gasteiger partial charge in [-0.1, -0.05) is 29.8 Å². The van der Waals surface area contributed by atoms with Gasteiger partial charge in [-0.25, -0.2) is 4.79 Å². The first-order chi connectivity index (χ1) is 8.41. The molecule has 0 aliphatic rings. The first-order valence-electron chi connectivity index (χ1n) is 5.46. The molecule has 4 nitrogen and oxygen atoms in total. The molecule has 0 bridgehead atoms. The molecule has 2 rings (SSSR count). The fourth-order valence-corrected chi connectivity index (χ4v) is 2.60. The Balaban J connectivity index is 2.80. The van der Waals surface area contributed by atoms with Gasteiger partial charge in [0, 0.05) is 16.1 Å². The average Bonchev–Trinajstić information content (AvgIpc) is 2.27. The van der Waals surface area contributed by atoms with E-state index in [1.165, 1.54) is 6.20 Å². The lowest BCUT2D eigenvalue weighted by Gasteiger charge is -2.11. The van der Waals surface area contributed by atoms with E-state index < -0.39 is 5.97 Å². The third-order valence-electron chi connectivity index (χ3n) is 2.81. The highest BCUT2D eigenvalue weighted by molar-refractivity contribution is 9.10. The van der Waals surface area contributed by atoms with E-state index >= 15 is 0 Å². The van der Waals surface area contributed by atoms with Gasteiger partial charge in [-0.2, -0.15) is 0 Å². The number of carbonyl (C=O) groups is 1. The van der Waals surface area contributed by atoms with Gasteiger partial charge in [-0.05, 0) is 23.6 Å². The van der Waals surface area contributed by atoms with Crippen LogP contribution in [0.4, 0.5) is 0 Å². The summed E-state index contributed by atoms with van der Waals surface area (Å²) >= 11 is 3.45. The third kappa shape index (κ3) is 2.06. The van der Waals surface area contributed by atoms with Crippen LogP contribution in [-0.2, 0) is 0 Å². The molecule has 0 aliphatic heterocycles. The van der Waals surface area contributed by atoms with Gasteiger partial charge in [0.25, 0.3) is 0 Å². The van der Waals surface area contributed by atoms with Gasteiger partial charge in [-0.3, -0.25) is 4.98 Å². The van der Waals surface area contributed by atoms with E-state index in [-0.39, 0.29) is 17.2 Å². The molecule has 0 saturated carbocycles. The molecule has 0 saturated heterocycles. The van der Waals surface area contributed by atoms with Gasteiger partial charge in [0.15, 0.2) is 0 Å². The van der Waals surface area contributed by atoms with Crippen molar-refractivity contribution < 1.29 is 15.0 Å². The third-order valence-corrected chi connectivity index (χ3v) is 3.50. The second-order valence-corrected chi connectivity index (χ2v) is 5.23. The van der Waals surface area contributed by atoms with Crippen LogP contribution >= 0.6 is 15.9 Å². The zero-order chi connectivity index (χ0) is 13.4. The zero-order valence-corrected chi connectivity index (χ0v) is 11.5. The molecule has 18 heavy (non-hydrogen) atoms. The standard InChI is InChI=1S/C13H12BrNO3/c1-6(2)7-3-8-11(4-10(7)14)15-5-9(12(8)16)13(17)18/h3-6H,1-2H3,(H,15,16)(H,17,18). The van der Waals surface area contributed by atoms with Gasteiger partial charge in [-0.15, -0.1) is 0 Å². The van der Waals surface area contributed by atoms with Crippen LogP contribution in [0.15, 0.2) is 22.8 Å². The molecule has 0 unspecified atom stereocenters. The van der Waals surface area contributed by atoms with Crippen LogP contribution in [0.25, 0.3) is 10.9 Å². The zero-order valence-electron chi connectivity index (χ0n) is 9.94. The minimum absolute atomic E-state index is 0.181. The lowest BCUT2D eigenvalue weighted by Crippen LogP contribution is -1.99. The van der Waals surface area contributed by atoms with Crippen LogP contribution in [0.5, 0.6) is 5.75 Å². The molecule has 2 N–H and O–H groups in total. The summed E-state index contributed by atoms with van der Waals surface area (Å²) in [7, 11) is 0. The number of hydrogen-bond donors (Lipinski definition) is 2. The van der Waals surface area contributed by atoms with Crippen molar-refractivity contribution in [3.63, 3.8) is 0 Å². The van der Waals surface area contributed by atoms with Gasteiger partial charge < -0.3 is 10.2 Å². The summed E-state index contributed by atoms with van der Waals surface area (Å²) in [5.41, 5.74) is 1.38. The number of aromatic hydroxyl groups is 1. The number of halogens is 1. The van der Waals surface area contributed by atoms with E-state index in [4.69, 9.17) is 5.11 Å². The van der Waals surface area contributed by atoms with Crippen LogP contribution in [0, 0.1) is 0 Å². The molecule has 0 atom stereocenters. The van der Waals surface area contributed by atoms with E-state index in [9.17, 15) is 9.90 Å². The first-order valence-corrected chi connectivity index (χ1v) is 6.25. The van der Waals surface area contributed by atoms with E-state index in [2.05, 4.69) is 20.9 Å². The number of aromatic nitrogens is 1. The highest BCUT2D eigenvalue weighted by atomic mass is 79.9. The van der Waals surface area contributed by atoms with Crippen molar-refractivity contribution in [3.05, 3.63) is 33.9 Å². The topological polar surface area (TPSA) is 70.4 Å². The number of pyridine rings is 1. The van der Waals surface area contributed by atoms with E-state index in [1.54, 1.807) is 12.1 Å². The Kier molecular flexibility index (Phi) is 3.26. The highest BCUT2D eigenvalue weighted by Gasteiger charge is 2.16. The number of carboxylic acid groups (broad SMARTS) is 1. The van der Waals surface area contributed by atoms with Crippen LogP contribution in [0.1, 0.15) is 35.7 Å². The number of hydrogen-bond acceptors (Lipinski definition) is 3. The largest absolute Gasteiger partial charge is 0.506 e. The van der Waals surface area contributed by atoms with Crippen molar-refractivity contribution >= 4 is 32.8 Å². The predicted octanol–water partition coefficient (Wildman–Crippen LogP) is 3.52. The quantitative estimate of drug-likeness (QED) is 0.890.